The lowest BCUT2D eigenvalue weighted by atomic mass is 9.78. The van der Waals surface area contributed by atoms with E-state index in [1.165, 1.54) is 32.1 Å². The zero-order valence-corrected chi connectivity index (χ0v) is 7.88. The zero-order valence-electron chi connectivity index (χ0n) is 7.88. The van der Waals surface area contributed by atoms with Crippen LogP contribution in [0.3, 0.4) is 0 Å². The van der Waals surface area contributed by atoms with Gasteiger partial charge in [0, 0.05) is 0 Å². The molecule has 2 N–H and O–H groups in total. The Kier molecular flexibility index (Phi) is 2.13. The van der Waals surface area contributed by atoms with Crippen LogP contribution in [0, 0.1) is 5.92 Å². The second-order valence-electron chi connectivity index (χ2n) is 4.44. The summed E-state index contributed by atoms with van der Waals surface area (Å²) in [4.78, 5) is 0. The van der Waals surface area contributed by atoms with E-state index in [-0.39, 0.29) is 0 Å². The molecule has 12 heavy (non-hydrogen) atoms. The van der Waals surface area contributed by atoms with Crippen LogP contribution < -0.4 is 5.73 Å². The molecule has 1 aliphatic heterocycles. The highest BCUT2D eigenvalue weighted by Crippen LogP contribution is 2.46. The van der Waals surface area contributed by atoms with Gasteiger partial charge in [-0.1, -0.05) is 6.92 Å². The van der Waals surface area contributed by atoms with Crippen molar-refractivity contribution in [2.75, 3.05) is 6.54 Å². The predicted molar refractivity (Wildman–Crippen MR) is 48.9 cm³/mol. The van der Waals surface area contributed by atoms with Crippen molar-refractivity contribution in [3.8, 4) is 0 Å². The number of hydrogen-bond donors (Lipinski definition) is 1. The molecular weight excluding hydrogens is 150 g/mol. The van der Waals surface area contributed by atoms with Gasteiger partial charge in [0.25, 0.3) is 0 Å². The molecule has 0 aromatic heterocycles. The standard InChI is InChI=1S/C10H19NO/c1-8(7-11)9-3-6-10(12-9)4-2-5-10/h8-9H,2-7,11H2,1H3. The van der Waals surface area contributed by atoms with E-state index in [1.54, 1.807) is 0 Å². The summed E-state index contributed by atoms with van der Waals surface area (Å²) in [5, 5.41) is 0. The fourth-order valence-corrected chi connectivity index (χ4v) is 2.34. The normalized spacial score (nSPS) is 35.0. The first-order valence-corrected chi connectivity index (χ1v) is 5.14. The minimum Gasteiger partial charge on any atom is -0.371 e. The van der Waals surface area contributed by atoms with Crippen LogP contribution >= 0.6 is 0 Å². The fourth-order valence-electron chi connectivity index (χ4n) is 2.34. The number of nitrogens with two attached hydrogens (primary N) is 1. The van der Waals surface area contributed by atoms with E-state index in [1.807, 2.05) is 0 Å². The van der Waals surface area contributed by atoms with Gasteiger partial charge in [0.15, 0.2) is 0 Å². The van der Waals surface area contributed by atoms with E-state index in [4.69, 9.17) is 10.5 Å². The molecule has 0 amide bonds. The molecule has 2 rings (SSSR count). The average Bonchev–Trinajstić information content (AvgIpc) is 2.46. The first-order valence-electron chi connectivity index (χ1n) is 5.14. The van der Waals surface area contributed by atoms with Crippen LogP contribution in [0.5, 0.6) is 0 Å². The van der Waals surface area contributed by atoms with Crippen molar-refractivity contribution < 1.29 is 4.74 Å². The highest BCUT2D eigenvalue weighted by molar-refractivity contribution is 4.96. The van der Waals surface area contributed by atoms with Crippen LogP contribution in [0.25, 0.3) is 0 Å². The predicted octanol–water partition coefficient (Wildman–Crippen LogP) is 1.68. The van der Waals surface area contributed by atoms with Gasteiger partial charge in [-0.3, -0.25) is 0 Å². The van der Waals surface area contributed by atoms with E-state index in [0.29, 0.717) is 17.6 Å². The van der Waals surface area contributed by atoms with Gasteiger partial charge in [0.2, 0.25) is 0 Å². The SMILES string of the molecule is CC(CN)C1CCC2(CCC2)O1. The first kappa shape index (κ1) is 8.52. The van der Waals surface area contributed by atoms with Crippen LogP contribution in [0.2, 0.25) is 0 Å². The third-order valence-corrected chi connectivity index (χ3v) is 3.56. The van der Waals surface area contributed by atoms with Gasteiger partial charge in [0.1, 0.15) is 0 Å². The summed E-state index contributed by atoms with van der Waals surface area (Å²) < 4.78 is 6.06. The first-order chi connectivity index (χ1) is 5.76. The Hall–Kier alpha value is -0.0800. The molecule has 1 saturated carbocycles. The molecule has 2 fully saturated rings. The van der Waals surface area contributed by atoms with Gasteiger partial charge in [-0.2, -0.15) is 0 Å². The Bertz CT molecular complexity index is 165. The van der Waals surface area contributed by atoms with E-state index < -0.39 is 0 Å². The fraction of sp³-hybridized carbons (Fsp3) is 1.00. The van der Waals surface area contributed by atoms with E-state index >= 15 is 0 Å². The van der Waals surface area contributed by atoms with Crippen LogP contribution in [0.4, 0.5) is 0 Å². The third kappa shape index (κ3) is 1.27. The van der Waals surface area contributed by atoms with Gasteiger partial charge in [-0.05, 0) is 44.6 Å². The monoisotopic (exact) mass is 169 g/mol. The summed E-state index contributed by atoms with van der Waals surface area (Å²) in [7, 11) is 0. The Morgan fingerprint density at radius 2 is 2.25 bits per heavy atom. The van der Waals surface area contributed by atoms with Gasteiger partial charge in [0.05, 0.1) is 11.7 Å². The van der Waals surface area contributed by atoms with Crippen molar-refractivity contribution in [2.24, 2.45) is 11.7 Å². The quantitative estimate of drug-likeness (QED) is 0.682. The van der Waals surface area contributed by atoms with Gasteiger partial charge in [-0.25, -0.2) is 0 Å². The summed E-state index contributed by atoms with van der Waals surface area (Å²) in [6, 6.07) is 0. The van der Waals surface area contributed by atoms with Crippen molar-refractivity contribution in [3.63, 3.8) is 0 Å². The molecule has 70 valence electrons. The smallest absolute Gasteiger partial charge is 0.0687 e. The maximum Gasteiger partial charge on any atom is 0.0687 e. The molecule has 1 heterocycles. The number of rotatable bonds is 2. The Morgan fingerprint density at radius 3 is 2.67 bits per heavy atom. The van der Waals surface area contributed by atoms with Crippen LogP contribution in [0.15, 0.2) is 0 Å². The maximum atomic E-state index is 6.06. The molecule has 0 aromatic rings. The zero-order chi connectivity index (χ0) is 8.60. The highest BCUT2D eigenvalue weighted by atomic mass is 16.5. The number of hydrogen-bond acceptors (Lipinski definition) is 2. The molecule has 2 atom stereocenters. The Labute approximate surface area is 74.5 Å². The van der Waals surface area contributed by atoms with Crippen molar-refractivity contribution in [3.05, 3.63) is 0 Å². The largest absolute Gasteiger partial charge is 0.371 e. The van der Waals surface area contributed by atoms with Crippen LogP contribution in [0.1, 0.15) is 39.0 Å². The molecule has 1 aliphatic carbocycles. The summed E-state index contributed by atoms with van der Waals surface area (Å²) >= 11 is 0. The van der Waals surface area contributed by atoms with Crippen molar-refractivity contribution in [1.29, 1.82) is 0 Å². The molecule has 2 aliphatic rings. The summed E-state index contributed by atoms with van der Waals surface area (Å²) in [6.07, 6.45) is 6.92. The molecule has 1 spiro atoms. The molecular formula is C10H19NO. The molecule has 0 aromatic carbocycles. The average molecular weight is 169 g/mol. The Morgan fingerprint density at radius 1 is 1.50 bits per heavy atom. The minimum atomic E-state index is 0.314. The molecule has 0 bridgehead atoms. The van der Waals surface area contributed by atoms with Gasteiger partial charge < -0.3 is 10.5 Å². The third-order valence-electron chi connectivity index (χ3n) is 3.56. The second-order valence-corrected chi connectivity index (χ2v) is 4.44. The van der Waals surface area contributed by atoms with Crippen molar-refractivity contribution in [1.82, 2.24) is 0 Å². The van der Waals surface area contributed by atoms with E-state index in [2.05, 4.69) is 6.92 Å². The van der Waals surface area contributed by atoms with Gasteiger partial charge >= 0.3 is 0 Å². The van der Waals surface area contributed by atoms with Gasteiger partial charge in [-0.15, -0.1) is 0 Å². The lowest BCUT2D eigenvalue weighted by Gasteiger charge is -2.38. The molecule has 0 radical (unpaired) electrons. The van der Waals surface area contributed by atoms with E-state index in [9.17, 15) is 0 Å². The van der Waals surface area contributed by atoms with Crippen LogP contribution in [-0.2, 0) is 4.74 Å². The molecule has 2 nitrogen and oxygen atoms in total. The number of ether oxygens (including phenoxy) is 1. The lowest BCUT2D eigenvalue weighted by Crippen LogP contribution is -2.38. The molecule has 1 saturated heterocycles. The summed E-state index contributed by atoms with van der Waals surface area (Å²) in [6.45, 7) is 2.96. The van der Waals surface area contributed by atoms with E-state index in [0.717, 1.165) is 6.54 Å². The lowest BCUT2D eigenvalue weighted by molar-refractivity contribution is -0.103. The van der Waals surface area contributed by atoms with Crippen molar-refractivity contribution >= 4 is 0 Å². The summed E-state index contributed by atoms with van der Waals surface area (Å²) in [5.74, 6) is 0.546. The topological polar surface area (TPSA) is 35.2 Å². The highest BCUT2D eigenvalue weighted by Gasteiger charge is 2.45. The maximum absolute atomic E-state index is 6.06. The molecule has 2 heteroatoms. The van der Waals surface area contributed by atoms with Crippen molar-refractivity contribution in [2.45, 2.75) is 50.7 Å². The molecule has 2 unspecified atom stereocenters. The Balaban J connectivity index is 1.89. The summed E-state index contributed by atoms with van der Waals surface area (Å²) in [5.41, 5.74) is 5.93. The van der Waals surface area contributed by atoms with Crippen LogP contribution in [-0.4, -0.2) is 18.2 Å². The second kappa shape index (κ2) is 3.00. The minimum absolute atomic E-state index is 0.314.